The average Bonchev–Trinajstić information content (AvgIpc) is 3.20. The van der Waals surface area contributed by atoms with Gasteiger partial charge in [0.05, 0.1) is 6.61 Å². The summed E-state index contributed by atoms with van der Waals surface area (Å²) in [6.45, 7) is 3.82. The Kier molecular flexibility index (Phi) is 6.64. The summed E-state index contributed by atoms with van der Waals surface area (Å²) in [4.78, 5) is 30.5. The standard InChI is InChI=1S/C19H23N3O4S/c1-2-25-16-12-14(18(24)21-19-20-8-11-27-19)6-7-15(16)26-13-17(23)22-9-4-3-5-10-22/h6-8,11-12H,2-5,9-10,13H2,1H3,(H,20,21,24). The summed E-state index contributed by atoms with van der Waals surface area (Å²) in [6, 6.07) is 4.92. The predicted molar refractivity (Wildman–Crippen MR) is 104 cm³/mol. The molecular formula is C19H23N3O4S. The highest BCUT2D eigenvalue weighted by molar-refractivity contribution is 7.13. The number of likely N-dealkylation sites (tertiary alicyclic amines) is 1. The van der Waals surface area contributed by atoms with Crippen LogP contribution >= 0.6 is 11.3 Å². The van der Waals surface area contributed by atoms with Crippen molar-refractivity contribution in [3.63, 3.8) is 0 Å². The van der Waals surface area contributed by atoms with Gasteiger partial charge < -0.3 is 14.4 Å². The number of carbonyl (C=O) groups excluding carboxylic acids is 2. The van der Waals surface area contributed by atoms with Crippen molar-refractivity contribution in [2.75, 3.05) is 31.6 Å². The van der Waals surface area contributed by atoms with Crippen LogP contribution in [0.2, 0.25) is 0 Å². The highest BCUT2D eigenvalue weighted by Gasteiger charge is 2.18. The normalized spacial score (nSPS) is 13.9. The van der Waals surface area contributed by atoms with Crippen molar-refractivity contribution in [1.29, 1.82) is 0 Å². The van der Waals surface area contributed by atoms with Gasteiger partial charge in [-0.05, 0) is 44.4 Å². The van der Waals surface area contributed by atoms with Crippen molar-refractivity contribution in [1.82, 2.24) is 9.88 Å². The van der Waals surface area contributed by atoms with Crippen molar-refractivity contribution in [2.24, 2.45) is 0 Å². The van der Waals surface area contributed by atoms with Gasteiger partial charge >= 0.3 is 0 Å². The van der Waals surface area contributed by atoms with E-state index in [4.69, 9.17) is 9.47 Å². The molecule has 3 rings (SSSR count). The zero-order valence-electron chi connectivity index (χ0n) is 15.3. The Morgan fingerprint density at radius 2 is 2.00 bits per heavy atom. The van der Waals surface area contributed by atoms with Crippen molar-refractivity contribution in [3.05, 3.63) is 35.3 Å². The molecule has 2 aromatic rings. The molecule has 0 atom stereocenters. The summed E-state index contributed by atoms with van der Waals surface area (Å²) in [5.74, 6) is 0.591. The Balaban J connectivity index is 1.65. The summed E-state index contributed by atoms with van der Waals surface area (Å²) in [7, 11) is 0. The molecular weight excluding hydrogens is 366 g/mol. The number of carbonyl (C=O) groups is 2. The number of benzene rings is 1. The van der Waals surface area contributed by atoms with E-state index in [0.717, 1.165) is 25.9 Å². The highest BCUT2D eigenvalue weighted by atomic mass is 32.1. The summed E-state index contributed by atoms with van der Waals surface area (Å²) >= 11 is 1.35. The van der Waals surface area contributed by atoms with Gasteiger partial charge in [0, 0.05) is 30.2 Å². The average molecular weight is 389 g/mol. The number of piperidine rings is 1. The third kappa shape index (κ3) is 5.19. The molecule has 2 heterocycles. The first-order chi connectivity index (χ1) is 13.2. The molecule has 1 N–H and O–H groups in total. The second-order valence-corrected chi connectivity index (χ2v) is 7.01. The molecule has 1 aliphatic heterocycles. The maximum atomic E-state index is 12.4. The van der Waals surface area contributed by atoms with Crippen LogP contribution in [0.3, 0.4) is 0 Å². The molecule has 27 heavy (non-hydrogen) atoms. The summed E-state index contributed by atoms with van der Waals surface area (Å²) < 4.78 is 11.3. The maximum Gasteiger partial charge on any atom is 0.260 e. The smallest absolute Gasteiger partial charge is 0.260 e. The number of aromatic nitrogens is 1. The van der Waals surface area contributed by atoms with E-state index in [2.05, 4.69) is 10.3 Å². The molecule has 8 heteroatoms. The number of hydrogen-bond acceptors (Lipinski definition) is 6. The van der Waals surface area contributed by atoms with Crippen LogP contribution in [0.5, 0.6) is 11.5 Å². The third-order valence-corrected chi connectivity index (χ3v) is 4.91. The van der Waals surface area contributed by atoms with Crippen LogP contribution in [0.15, 0.2) is 29.8 Å². The molecule has 0 bridgehead atoms. The van der Waals surface area contributed by atoms with Crippen molar-refractivity contribution >= 4 is 28.3 Å². The minimum Gasteiger partial charge on any atom is -0.490 e. The molecule has 0 aliphatic carbocycles. The lowest BCUT2D eigenvalue weighted by Gasteiger charge is -2.26. The van der Waals surface area contributed by atoms with E-state index < -0.39 is 0 Å². The Labute approximate surface area is 162 Å². The first kappa shape index (κ1) is 19.2. The van der Waals surface area contributed by atoms with Crippen LogP contribution in [-0.4, -0.2) is 48.0 Å². The van der Waals surface area contributed by atoms with E-state index in [1.165, 1.54) is 17.8 Å². The maximum absolute atomic E-state index is 12.4. The molecule has 1 aliphatic rings. The SMILES string of the molecule is CCOc1cc(C(=O)Nc2nccs2)ccc1OCC(=O)N1CCCCC1. The van der Waals surface area contributed by atoms with E-state index in [9.17, 15) is 9.59 Å². The minimum absolute atomic E-state index is 0.0252. The summed E-state index contributed by atoms with van der Waals surface area (Å²) in [5.41, 5.74) is 0.434. The second-order valence-electron chi connectivity index (χ2n) is 6.12. The summed E-state index contributed by atoms with van der Waals surface area (Å²) in [6.07, 6.45) is 4.88. The van der Waals surface area contributed by atoms with Crippen molar-refractivity contribution in [3.8, 4) is 11.5 Å². The van der Waals surface area contributed by atoms with Gasteiger partial charge in [-0.1, -0.05) is 0 Å². The Bertz CT molecular complexity index is 773. The first-order valence-corrected chi connectivity index (χ1v) is 9.93. The lowest BCUT2D eigenvalue weighted by atomic mass is 10.1. The van der Waals surface area contributed by atoms with Gasteiger partial charge in [0.2, 0.25) is 0 Å². The minimum atomic E-state index is -0.276. The first-order valence-electron chi connectivity index (χ1n) is 9.05. The van der Waals surface area contributed by atoms with E-state index in [0.29, 0.717) is 28.8 Å². The summed E-state index contributed by atoms with van der Waals surface area (Å²) in [5, 5.41) is 5.05. The highest BCUT2D eigenvalue weighted by Crippen LogP contribution is 2.29. The van der Waals surface area contributed by atoms with Gasteiger partial charge in [0.1, 0.15) is 0 Å². The van der Waals surface area contributed by atoms with E-state index >= 15 is 0 Å². The molecule has 7 nitrogen and oxygen atoms in total. The fraction of sp³-hybridized carbons (Fsp3) is 0.421. The van der Waals surface area contributed by atoms with Crippen LogP contribution < -0.4 is 14.8 Å². The number of anilines is 1. The molecule has 0 saturated carbocycles. The third-order valence-electron chi connectivity index (χ3n) is 4.22. The number of ether oxygens (including phenoxy) is 2. The quantitative estimate of drug-likeness (QED) is 0.787. The molecule has 0 spiro atoms. The van der Waals surface area contributed by atoms with Gasteiger partial charge in [0.15, 0.2) is 23.2 Å². The number of rotatable bonds is 7. The van der Waals surface area contributed by atoms with Crippen LogP contribution in [0.1, 0.15) is 36.5 Å². The van der Waals surface area contributed by atoms with Crippen LogP contribution in [0.25, 0.3) is 0 Å². The molecule has 1 aromatic heterocycles. The molecule has 1 aromatic carbocycles. The van der Waals surface area contributed by atoms with Crippen LogP contribution in [-0.2, 0) is 4.79 Å². The molecule has 144 valence electrons. The zero-order valence-corrected chi connectivity index (χ0v) is 16.1. The van der Waals surface area contributed by atoms with Crippen LogP contribution in [0, 0.1) is 0 Å². The molecule has 0 radical (unpaired) electrons. The number of nitrogens with one attached hydrogen (secondary N) is 1. The van der Waals surface area contributed by atoms with Gasteiger partial charge in [0.25, 0.3) is 11.8 Å². The topological polar surface area (TPSA) is 80.8 Å². The van der Waals surface area contributed by atoms with E-state index in [1.54, 1.807) is 29.8 Å². The Morgan fingerprint density at radius 3 is 2.70 bits per heavy atom. The Morgan fingerprint density at radius 1 is 1.19 bits per heavy atom. The molecule has 0 unspecified atom stereocenters. The fourth-order valence-electron chi connectivity index (χ4n) is 2.87. The van der Waals surface area contributed by atoms with Crippen LogP contribution in [0.4, 0.5) is 5.13 Å². The number of nitrogens with zero attached hydrogens (tertiary/aromatic N) is 2. The number of thiazole rings is 1. The van der Waals surface area contributed by atoms with Gasteiger partial charge in [-0.3, -0.25) is 14.9 Å². The number of hydrogen-bond donors (Lipinski definition) is 1. The molecule has 1 fully saturated rings. The van der Waals surface area contributed by atoms with E-state index in [1.807, 2.05) is 11.8 Å². The van der Waals surface area contributed by atoms with Gasteiger partial charge in [-0.2, -0.15) is 0 Å². The molecule has 2 amide bonds. The van der Waals surface area contributed by atoms with Gasteiger partial charge in [-0.25, -0.2) is 4.98 Å². The largest absolute Gasteiger partial charge is 0.490 e. The van der Waals surface area contributed by atoms with E-state index in [-0.39, 0.29) is 18.4 Å². The van der Waals surface area contributed by atoms with Gasteiger partial charge in [-0.15, -0.1) is 11.3 Å². The monoisotopic (exact) mass is 389 g/mol. The number of amides is 2. The lowest BCUT2D eigenvalue weighted by Crippen LogP contribution is -2.38. The van der Waals surface area contributed by atoms with Crippen molar-refractivity contribution in [2.45, 2.75) is 26.2 Å². The Hall–Kier alpha value is -2.61. The molecule has 1 saturated heterocycles. The second kappa shape index (κ2) is 9.36. The zero-order chi connectivity index (χ0) is 19.1. The van der Waals surface area contributed by atoms with Crippen molar-refractivity contribution < 1.29 is 19.1 Å². The fourth-order valence-corrected chi connectivity index (χ4v) is 3.39. The predicted octanol–water partition coefficient (Wildman–Crippen LogP) is 3.19. The lowest BCUT2D eigenvalue weighted by molar-refractivity contribution is -0.134.